The molecule has 0 atom stereocenters. The van der Waals surface area contributed by atoms with Crippen molar-refractivity contribution in [3.05, 3.63) is 28.1 Å². The number of hydrogen-bond acceptors (Lipinski definition) is 3. The van der Waals surface area contributed by atoms with Crippen molar-refractivity contribution in [3.8, 4) is 5.75 Å². The fourth-order valence-electron chi connectivity index (χ4n) is 0.553. The van der Waals surface area contributed by atoms with Crippen LogP contribution < -0.4 is 0 Å². The molecule has 0 unspecified atom stereocenters. The van der Waals surface area contributed by atoms with Crippen molar-refractivity contribution in [1.29, 1.82) is 0 Å². The lowest BCUT2D eigenvalue weighted by atomic mass is 10.3. The van der Waals surface area contributed by atoms with Gasteiger partial charge in [0.2, 0.25) is 0 Å². The zero-order chi connectivity index (χ0) is 7.56. The Kier molecular flexibility index (Phi) is 1.87. The largest absolute Gasteiger partial charge is 0.506 e. The summed E-state index contributed by atoms with van der Waals surface area (Å²) in [6, 6.07) is 4.00. The second kappa shape index (κ2) is 2.66. The Morgan fingerprint density at radius 1 is 1.50 bits per heavy atom. The highest BCUT2D eigenvalue weighted by atomic mass is 35.5. The molecule has 3 nitrogen and oxygen atoms in total. The molecule has 0 aliphatic carbocycles. The molecule has 52 valence electrons. The number of nitroso groups, excluding NO2 is 1. The summed E-state index contributed by atoms with van der Waals surface area (Å²) in [5.41, 5.74) is 0.211. The summed E-state index contributed by atoms with van der Waals surface area (Å²) in [4.78, 5) is 9.88. The Morgan fingerprint density at radius 3 is 2.70 bits per heavy atom. The van der Waals surface area contributed by atoms with Gasteiger partial charge in [-0.2, -0.15) is 0 Å². The van der Waals surface area contributed by atoms with E-state index in [0.717, 1.165) is 0 Å². The van der Waals surface area contributed by atoms with Crippen molar-refractivity contribution >= 4 is 17.3 Å². The molecule has 1 N–H and O–H groups in total. The summed E-state index contributed by atoms with van der Waals surface area (Å²) < 4.78 is 0. The third kappa shape index (κ3) is 1.25. The van der Waals surface area contributed by atoms with Crippen molar-refractivity contribution in [3.63, 3.8) is 0 Å². The van der Waals surface area contributed by atoms with Crippen LogP contribution in [0.15, 0.2) is 23.4 Å². The zero-order valence-corrected chi connectivity index (χ0v) is 5.67. The molecular formula is C6H4ClNO2. The van der Waals surface area contributed by atoms with Gasteiger partial charge in [-0.25, -0.2) is 0 Å². The summed E-state index contributed by atoms with van der Waals surface area (Å²) in [5.74, 6) is -0.0472. The second-order valence-corrected chi connectivity index (χ2v) is 2.13. The molecule has 0 fully saturated rings. The van der Waals surface area contributed by atoms with Crippen LogP contribution in [0.4, 0.5) is 5.69 Å². The van der Waals surface area contributed by atoms with Gasteiger partial charge in [0, 0.05) is 0 Å². The quantitative estimate of drug-likeness (QED) is 0.637. The van der Waals surface area contributed by atoms with Gasteiger partial charge in [-0.3, -0.25) is 0 Å². The minimum atomic E-state index is -0.0472. The molecule has 0 bridgehead atoms. The Labute approximate surface area is 62.2 Å². The van der Waals surface area contributed by atoms with E-state index in [2.05, 4.69) is 5.18 Å². The fraction of sp³-hybridized carbons (Fsp3) is 0. The normalized spacial score (nSPS) is 9.30. The molecule has 1 aromatic carbocycles. The first kappa shape index (κ1) is 7.02. The summed E-state index contributed by atoms with van der Waals surface area (Å²) >= 11 is 5.44. The molecule has 0 aromatic heterocycles. The maximum Gasteiger partial charge on any atom is 0.134 e. The number of benzene rings is 1. The van der Waals surface area contributed by atoms with Crippen molar-refractivity contribution in [2.45, 2.75) is 0 Å². The van der Waals surface area contributed by atoms with Gasteiger partial charge in [0.25, 0.3) is 0 Å². The topological polar surface area (TPSA) is 49.7 Å². The van der Waals surface area contributed by atoms with Gasteiger partial charge in [-0.15, -0.1) is 4.91 Å². The fourth-order valence-corrected chi connectivity index (χ4v) is 0.727. The van der Waals surface area contributed by atoms with Gasteiger partial charge in [0.1, 0.15) is 11.4 Å². The maximum atomic E-state index is 9.88. The molecule has 0 aliphatic heterocycles. The smallest absolute Gasteiger partial charge is 0.134 e. The van der Waals surface area contributed by atoms with Crippen LogP contribution in [0.3, 0.4) is 0 Å². The third-order valence-corrected chi connectivity index (χ3v) is 1.34. The van der Waals surface area contributed by atoms with Crippen LogP contribution in [-0.4, -0.2) is 5.11 Å². The van der Waals surface area contributed by atoms with E-state index in [9.17, 15) is 4.91 Å². The highest BCUT2D eigenvalue weighted by Crippen LogP contribution is 2.26. The molecular weight excluding hydrogens is 154 g/mol. The van der Waals surface area contributed by atoms with E-state index in [0.29, 0.717) is 0 Å². The first-order valence-electron chi connectivity index (χ1n) is 2.56. The van der Waals surface area contributed by atoms with Crippen molar-refractivity contribution in [1.82, 2.24) is 0 Å². The molecule has 0 amide bonds. The van der Waals surface area contributed by atoms with Crippen LogP contribution in [0.5, 0.6) is 5.75 Å². The zero-order valence-electron chi connectivity index (χ0n) is 4.91. The molecule has 0 saturated heterocycles. The Bertz CT molecular complexity index is 262. The monoisotopic (exact) mass is 157 g/mol. The lowest BCUT2D eigenvalue weighted by Crippen LogP contribution is -1.66. The van der Waals surface area contributed by atoms with E-state index in [1.807, 2.05) is 0 Å². The highest BCUT2D eigenvalue weighted by Gasteiger charge is 1.98. The van der Waals surface area contributed by atoms with Crippen molar-refractivity contribution in [2.24, 2.45) is 5.18 Å². The first-order chi connectivity index (χ1) is 4.74. The first-order valence-corrected chi connectivity index (χ1v) is 2.93. The van der Waals surface area contributed by atoms with Gasteiger partial charge >= 0.3 is 0 Å². The van der Waals surface area contributed by atoms with E-state index >= 15 is 0 Å². The van der Waals surface area contributed by atoms with Gasteiger partial charge in [0.15, 0.2) is 0 Å². The maximum absolute atomic E-state index is 9.88. The van der Waals surface area contributed by atoms with Gasteiger partial charge < -0.3 is 5.11 Å². The average Bonchev–Trinajstić information content (AvgIpc) is 1.95. The van der Waals surface area contributed by atoms with Gasteiger partial charge in [0.05, 0.1) is 5.02 Å². The lowest BCUT2D eigenvalue weighted by Gasteiger charge is -1.93. The van der Waals surface area contributed by atoms with Crippen LogP contribution in [0.2, 0.25) is 5.02 Å². The molecule has 0 aliphatic rings. The number of hydrogen-bond donors (Lipinski definition) is 1. The SMILES string of the molecule is O=Nc1ccc(O)c(Cl)c1. The molecule has 4 heteroatoms. The van der Waals surface area contributed by atoms with E-state index < -0.39 is 0 Å². The number of rotatable bonds is 1. The van der Waals surface area contributed by atoms with Crippen LogP contribution in [-0.2, 0) is 0 Å². The average molecular weight is 158 g/mol. The summed E-state index contributed by atoms with van der Waals surface area (Å²) in [6.07, 6.45) is 0. The number of nitrogens with zero attached hydrogens (tertiary/aromatic N) is 1. The van der Waals surface area contributed by atoms with Crippen LogP contribution >= 0.6 is 11.6 Å². The molecule has 1 aromatic rings. The van der Waals surface area contributed by atoms with E-state index in [-0.39, 0.29) is 16.5 Å². The molecule has 0 saturated carbocycles. The Balaban J connectivity index is 3.16. The molecule has 0 radical (unpaired) electrons. The lowest BCUT2D eigenvalue weighted by molar-refractivity contribution is 0.475. The molecule has 0 spiro atoms. The van der Waals surface area contributed by atoms with Gasteiger partial charge in [-0.1, -0.05) is 11.6 Å². The number of aromatic hydroxyl groups is 1. The van der Waals surface area contributed by atoms with E-state index in [4.69, 9.17) is 16.7 Å². The molecule has 1 rings (SSSR count). The minimum absolute atomic E-state index is 0.0472. The van der Waals surface area contributed by atoms with Crippen LogP contribution in [0, 0.1) is 4.91 Å². The third-order valence-electron chi connectivity index (χ3n) is 1.04. The van der Waals surface area contributed by atoms with E-state index in [1.165, 1.54) is 18.2 Å². The summed E-state index contributed by atoms with van der Waals surface area (Å²) in [7, 11) is 0. The number of phenolic OH excluding ortho intramolecular Hbond substituents is 1. The number of halogens is 1. The van der Waals surface area contributed by atoms with Crippen molar-refractivity contribution in [2.75, 3.05) is 0 Å². The number of phenols is 1. The summed E-state index contributed by atoms with van der Waals surface area (Å²) in [6.45, 7) is 0. The van der Waals surface area contributed by atoms with E-state index in [1.54, 1.807) is 0 Å². The van der Waals surface area contributed by atoms with Crippen LogP contribution in [0.1, 0.15) is 0 Å². The predicted octanol–water partition coefficient (Wildman–Crippen LogP) is 2.44. The minimum Gasteiger partial charge on any atom is -0.506 e. The summed E-state index contributed by atoms with van der Waals surface area (Å²) in [5, 5.41) is 11.6. The molecule has 0 heterocycles. The Morgan fingerprint density at radius 2 is 2.20 bits per heavy atom. The standard InChI is InChI=1S/C6H4ClNO2/c7-5-3-4(8-10)1-2-6(5)9/h1-3,9H. The Hall–Kier alpha value is -1.09. The molecule has 10 heavy (non-hydrogen) atoms. The predicted molar refractivity (Wildman–Crippen MR) is 38.6 cm³/mol. The highest BCUT2D eigenvalue weighted by molar-refractivity contribution is 6.32. The van der Waals surface area contributed by atoms with Crippen LogP contribution in [0.25, 0.3) is 0 Å². The second-order valence-electron chi connectivity index (χ2n) is 1.73. The van der Waals surface area contributed by atoms with Gasteiger partial charge in [-0.05, 0) is 23.4 Å². The van der Waals surface area contributed by atoms with Crippen molar-refractivity contribution < 1.29 is 5.11 Å².